The zero-order valence-corrected chi connectivity index (χ0v) is 13.5. The fourth-order valence-electron chi connectivity index (χ4n) is 2.76. The summed E-state index contributed by atoms with van der Waals surface area (Å²) in [7, 11) is 0. The molecule has 21 heavy (non-hydrogen) atoms. The Morgan fingerprint density at radius 2 is 2.05 bits per heavy atom. The molecule has 0 aromatic carbocycles. The first-order chi connectivity index (χ1) is 9.62. The molecule has 1 saturated heterocycles. The number of thiophene rings is 1. The minimum atomic E-state index is -0.608. The normalized spacial score (nSPS) is 21.3. The summed E-state index contributed by atoms with van der Waals surface area (Å²) < 4.78 is 5.86. The number of ether oxygens (including phenoxy) is 1. The van der Waals surface area contributed by atoms with Gasteiger partial charge in [0.05, 0.1) is 27.8 Å². The molecule has 0 aliphatic carbocycles. The first kappa shape index (κ1) is 15.8. The fraction of sp³-hybridized carbons (Fsp3) is 0.571. The van der Waals surface area contributed by atoms with Crippen LogP contribution < -0.4 is 16.4 Å². The van der Waals surface area contributed by atoms with E-state index in [1.54, 1.807) is 0 Å². The van der Waals surface area contributed by atoms with E-state index in [1.807, 2.05) is 25.7 Å². The number of carbonyl (C=O) groups is 2. The van der Waals surface area contributed by atoms with Gasteiger partial charge in [0.15, 0.2) is 5.78 Å². The first-order valence-electron chi connectivity index (χ1n) is 6.78. The van der Waals surface area contributed by atoms with Crippen LogP contribution in [0.25, 0.3) is 0 Å². The molecule has 2 rings (SSSR count). The molecule has 0 bridgehead atoms. The molecule has 4 N–H and O–H groups in total. The van der Waals surface area contributed by atoms with Crippen molar-refractivity contribution in [3.8, 4) is 0 Å². The van der Waals surface area contributed by atoms with Gasteiger partial charge in [-0.3, -0.25) is 9.59 Å². The monoisotopic (exact) mass is 311 g/mol. The molecule has 1 fully saturated rings. The molecule has 0 radical (unpaired) electrons. The van der Waals surface area contributed by atoms with Gasteiger partial charge in [-0.2, -0.15) is 0 Å². The summed E-state index contributed by atoms with van der Waals surface area (Å²) in [5, 5.41) is 0.661. The van der Waals surface area contributed by atoms with E-state index < -0.39 is 5.91 Å². The number of hydrogen-bond donors (Lipinski definition) is 2. The summed E-state index contributed by atoms with van der Waals surface area (Å²) in [5.41, 5.74) is 11.5. The van der Waals surface area contributed by atoms with Gasteiger partial charge in [-0.05, 0) is 20.8 Å². The molecule has 7 heteroatoms. The van der Waals surface area contributed by atoms with Crippen LogP contribution in [0.5, 0.6) is 0 Å². The summed E-state index contributed by atoms with van der Waals surface area (Å²) in [6, 6.07) is 0. The molecule has 1 aliphatic heterocycles. The minimum absolute atomic E-state index is 0.0126. The van der Waals surface area contributed by atoms with Crippen molar-refractivity contribution in [2.24, 2.45) is 5.73 Å². The van der Waals surface area contributed by atoms with Crippen LogP contribution >= 0.6 is 11.3 Å². The molecule has 1 aromatic heterocycles. The minimum Gasteiger partial charge on any atom is -0.397 e. The van der Waals surface area contributed by atoms with Gasteiger partial charge in [-0.25, -0.2) is 0 Å². The van der Waals surface area contributed by atoms with Crippen LogP contribution in [0.1, 0.15) is 47.7 Å². The van der Waals surface area contributed by atoms with Crippen LogP contribution in [0, 0.1) is 0 Å². The number of hydrogen-bond acceptors (Lipinski definition) is 6. The van der Waals surface area contributed by atoms with Crippen molar-refractivity contribution in [3.63, 3.8) is 0 Å². The van der Waals surface area contributed by atoms with Gasteiger partial charge in [0, 0.05) is 20.0 Å². The number of nitrogens with two attached hydrogens (primary N) is 2. The highest BCUT2D eigenvalue weighted by molar-refractivity contribution is 7.19. The summed E-state index contributed by atoms with van der Waals surface area (Å²) in [4.78, 5) is 25.8. The Morgan fingerprint density at radius 1 is 1.43 bits per heavy atom. The van der Waals surface area contributed by atoms with Gasteiger partial charge in [-0.15, -0.1) is 11.3 Å². The lowest BCUT2D eigenvalue weighted by Crippen LogP contribution is -2.52. The van der Waals surface area contributed by atoms with E-state index in [1.165, 1.54) is 18.3 Å². The maximum atomic E-state index is 11.7. The van der Waals surface area contributed by atoms with Crippen molar-refractivity contribution in [2.75, 3.05) is 23.7 Å². The van der Waals surface area contributed by atoms with Gasteiger partial charge >= 0.3 is 0 Å². The lowest BCUT2D eigenvalue weighted by atomic mass is 10.1. The number of carbonyl (C=O) groups excluding carboxylic acids is 2. The Labute approximate surface area is 128 Å². The van der Waals surface area contributed by atoms with Gasteiger partial charge in [0.25, 0.3) is 5.91 Å². The highest BCUT2D eigenvalue weighted by atomic mass is 32.1. The van der Waals surface area contributed by atoms with Gasteiger partial charge < -0.3 is 21.1 Å². The number of amides is 1. The average Bonchev–Trinajstić information content (AvgIpc) is 2.64. The van der Waals surface area contributed by atoms with Crippen molar-refractivity contribution >= 4 is 33.7 Å². The molecular weight excluding hydrogens is 290 g/mol. The molecule has 1 aliphatic rings. The topological polar surface area (TPSA) is 98.6 Å². The smallest absolute Gasteiger partial charge is 0.253 e. The fourth-order valence-corrected chi connectivity index (χ4v) is 3.89. The summed E-state index contributed by atoms with van der Waals surface area (Å²) in [5.74, 6) is -0.769. The Balaban J connectivity index is 2.50. The maximum absolute atomic E-state index is 11.7. The number of Topliss-reactive ketones (excluding diaryl/α,β-unsaturated/α-hetero) is 1. The van der Waals surface area contributed by atoms with Crippen LogP contribution in [0.15, 0.2) is 0 Å². The second-order valence-electron chi connectivity index (χ2n) is 6.01. The Kier molecular flexibility index (Phi) is 3.99. The molecule has 1 unspecified atom stereocenters. The van der Waals surface area contributed by atoms with E-state index in [0.29, 0.717) is 23.0 Å². The molecule has 2 heterocycles. The zero-order valence-electron chi connectivity index (χ0n) is 12.7. The van der Waals surface area contributed by atoms with Gasteiger partial charge in [0.2, 0.25) is 0 Å². The highest BCUT2D eigenvalue weighted by Crippen LogP contribution is 2.40. The SMILES string of the molecule is CC(=O)c1sc(N2CC(C)OC(C)(C)C2)c(C(N)=O)c1N. The van der Waals surface area contributed by atoms with E-state index in [-0.39, 0.29) is 28.7 Å². The number of primary amides is 1. The third kappa shape index (κ3) is 3.03. The Bertz CT molecular complexity index is 595. The zero-order chi connectivity index (χ0) is 15.9. The predicted molar refractivity (Wildman–Crippen MR) is 84.1 cm³/mol. The lowest BCUT2D eigenvalue weighted by molar-refractivity contribution is -0.0748. The largest absolute Gasteiger partial charge is 0.397 e. The average molecular weight is 311 g/mol. The number of rotatable bonds is 3. The van der Waals surface area contributed by atoms with E-state index in [2.05, 4.69) is 0 Å². The lowest BCUT2D eigenvalue weighted by Gasteiger charge is -2.42. The van der Waals surface area contributed by atoms with Crippen molar-refractivity contribution in [1.82, 2.24) is 0 Å². The highest BCUT2D eigenvalue weighted by Gasteiger charge is 2.35. The van der Waals surface area contributed by atoms with E-state index in [9.17, 15) is 9.59 Å². The second kappa shape index (κ2) is 5.31. The second-order valence-corrected chi connectivity index (χ2v) is 7.01. The molecule has 6 nitrogen and oxygen atoms in total. The van der Waals surface area contributed by atoms with Crippen LogP contribution in [0.4, 0.5) is 10.7 Å². The van der Waals surface area contributed by atoms with Crippen LogP contribution in [0.3, 0.4) is 0 Å². The summed E-state index contributed by atoms with van der Waals surface area (Å²) in [6.45, 7) is 8.62. The number of nitrogen functional groups attached to an aromatic ring is 1. The third-order valence-electron chi connectivity index (χ3n) is 3.35. The quantitative estimate of drug-likeness (QED) is 0.827. The van der Waals surface area contributed by atoms with Crippen molar-refractivity contribution in [1.29, 1.82) is 0 Å². The van der Waals surface area contributed by atoms with Gasteiger partial charge in [0.1, 0.15) is 5.00 Å². The molecule has 1 aromatic rings. The van der Waals surface area contributed by atoms with Crippen LogP contribution in [-0.4, -0.2) is 36.5 Å². The van der Waals surface area contributed by atoms with E-state index in [0.717, 1.165) is 0 Å². The van der Waals surface area contributed by atoms with Crippen molar-refractivity contribution in [2.45, 2.75) is 39.4 Å². The predicted octanol–water partition coefficient (Wildman–Crippen LogP) is 1.64. The van der Waals surface area contributed by atoms with Crippen LogP contribution in [0.2, 0.25) is 0 Å². The van der Waals surface area contributed by atoms with E-state index in [4.69, 9.17) is 16.2 Å². The van der Waals surface area contributed by atoms with Crippen molar-refractivity contribution in [3.05, 3.63) is 10.4 Å². The van der Waals surface area contributed by atoms with Crippen LogP contribution in [-0.2, 0) is 4.74 Å². The standard InChI is InChI=1S/C14H21N3O3S/c1-7-5-17(6-14(3,4)20-7)13-9(12(16)19)10(15)11(21-13)8(2)18/h7H,5-6,15H2,1-4H3,(H2,16,19). The number of anilines is 2. The first-order valence-corrected chi connectivity index (χ1v) is 7.60. The van der Waals surface area contributed by atoms with Gasteiger partial charge in [-0.1, -0.05) is 0 Å². The molecule has 0 saturated carbocycles. The Morgan fingerprint density at radius 3 is 2.52 bits per heavy atom. The third-order valence-corrected chi connectivity index (χ3v) is 4.72. The Hall–Kier alpha value is -1.60. The number of nitrogens with zero attached hydrogens (tertiary/aromatic N) is 1. The summed E-state index contributed by atoms with van der Waals surface area (Å²) in [6.07, 6.45) is 0.0126. The summed E-state index contributed by atoms with van der Waals surface area (Å²) >= 11 is 1.23. The number of morpholine rings is 1. The molecular formula is C14H21N3O3S. The number of ketones is 1. The molecule has 1 amide bonds. The maximum Gasteiger partial charge on any atom is 0.253 e. The molecule has 1 atom stereocenters. The molecule has 0 spiro atoms. The molecule has 116 valence electrons. The van der Waals surface area contributed by atoms with E-state index >= 15 is 0 Å². The van der Waals surface area contributed by atoms with Crippen molar-refractivity contribution < 1.29 is 14.3 Å².